The number of aromatic nitrogens is 2. The molecule has 3 rings (SSSR count). The number of nitrogens with one attached hydrogen (secondary N) is 1. The highest BCUT2D eigenvalue weighted by molar-refractivity contribution is 9.10. The van der Waals surface area contributed by atoms with Gasteiger partial charge in [0.15, 0.2) is 0 Å². The SMILES string of the molecule is S=c1nc(C2CC2)[nH]c(C2CC2)c1Br. The van der Waals surface area contributed by atoms with E-state index in [0.717, 1.165) is 14.9 Å². The minimum absolute atomic E-state index is 0.655. The molecule has 0 atom stereocenters. The molecule has 0 unspecified atom stereocenters. The maximum Gasteiger partial charge on any atom is 0.144 e. The lowest BCUT2D eigenvalue weighted by atomic mass is 10.2. The van der Waals surface area contributed by atoms with Gasteiger partial charge >= 0.3 is 0 Å². The minimum atomic E-state index is 0.655. The maximum atomic E-state index is 5.24. The van der Waals surface area contributed by atoms with Crippen LogP contribution in [0.5, 0.6) is 0 Å². The van der Waals surface area contributed by atoms with Crippen LogP contribution >= 0.6 is 28.1 Å². The van der Waals surface area contributed by atoms with Crippen molar-refractivity contribution in [1.29, 1.82) is 0 Å². The van der Waals surface area contributed by atoms with E-state index in [-0.39, 0.29) is 0 Å². The zero-order valence-electron chi connectivity index (χ0n) is 7.72. The Kier molecular flexibility index (Phi) is 2.02. The molecule has 1 aromatic rings. The van der Waals surface area contributed by atoms with E-state index in [1.165, 1.54) is 31.4 Å². The fourth-order valence-electron chi connectivity index (χ4n) is 1.70. The number of halogens is 1. The molecule has 1 aromatic heterocycles. The third-order valence-corrected chi connectivity index (χ3v) is 4.22. The fraction of sp³-hybridized carbons (Fsp3) is 0.600. The normalized spacial score (nSPS) is 21.2. The molecule has 4 heteroatoms. The largest absolute Gasteiger partial charge is 0.346 e. The van der Waals surface area contributed by atoms with Gasteiger partial charge in [0.25, 0.3) is 0 Å². The van der Waals surface area contributed by atoms with Crippen molar-refractivity contribution in [2.75, 3.05) is 0 Å². The lowest BCUT2D eigenvalue weighted by Gasteiger charge is -2.06. The highest BCUT2D eigenvalue weighted by atomic mass is 79.9. The predicted molar refractivity (Wildman–Crippen MR) is 61.1 cm³/mol. The van der Waals surface area contributed by atoms with Crippen LogP contribution in [-0.2, 0) is 0 Å². The molecule has 2 nitrogen and oxygen atoms in total. The first-order chi connectivity index (χ1) is 6.75. The van der Waals surface area contributed by atoms with Crippen LogP contribution in [0.25, 0.3) is 0 Å². The number of H-pyrrole nitrogens is 1. The molecule has 0 aromatic carbocycles. The highest BCUT2D eigenvalue weighted by Crippen LogP contribution is 2.44. The zero-order valence-corrected chi connectivity index (χ0v) is 10.1. The molecule has 0 saturated heterocycles. The molecule has 14 heavy (non-hydrogen) atoms. The highest BCUT2D eigenvalue weighted by Gasteiger charge is 2.31. The number of nitrogens with zero attached hydrogens (tertiary/aromatic N) is 1. The van der Waals surface area contributed by atoms with Gasteiger partial charge in [0, 0.05) is 17.5 Å². The van der Waals surface area contributed by atoms with E-state index in [9.17, 15) is 0 Å². The van der Waals surface area contributed by atoms with Gasteiger partial charge in [-0.2, -0.15) is 0 Å². The second-order valence-electron chi connectivity index (χ2n) is 4.20. The van der Waals surface area contributed by atoms with E-state index in [2.05, 4.69) is 25.9 Å². The van der Waals surface area contributed by atoms with Gasteiger partial charge in [-0.1, -0.05) is 12.2 Å². The quantitative estimate of drug-likeness (QED) is 0.831. The molecule has 2 saturated carbocycles. The van der Waals surface area contributed by atoms with Gasteiger partial charge in [-0.15, -0.1) is 0 Å². The lowest BCUT2D eigenvalue weighted by molar-refractivity contribution is 0.858. The Bertz CT molecular complexity index is 432. The average molecular weight is 271 g/mol. The van der Waals surface area contributed by atoms with E-state index >= 15 is 0 Å². The Morgan fingerprint density at radius 2 is 1.86 bits per heavy atom. The van der Waals surface area contributed by atoms with Crippen molar-refractivity contribution in [2.24, 2.45) is 0 Å². The Balaban J connectivity index is 2.11. The Morgan fingerprint density at radius 1 is 1.21 bits per heavy atom. The smallest absolute Gasteiger partial charge is 0.144 e. The Morgan fingerprint density at radius 3 is 2.43 bits per heavy atom. The van der Waals surface area contributed by atoms with Crippen molar-refractivity contribution >= 4 is 28.1 Å². The van der Waals surface area contributed by atoms with Crippen LogP contribution in [0, 0.1) is 4.64 Å². The molecule has 74 valence electrons. The Labute approximate surface area is 96.3 Å². The van der Waals surface area contributed by atoms with Gasteiger partial charge in [-0.05, 0) is 41.6 Å². The molecule has 2 aliphatic carbocycles. The van der Waals surface area contributed by atoms with Crippen molar-refractivity contribution in [3.8, 4) is 0 Å². The summed E-state index contributed by atoms with van der Waals surface area (Å²) in [6, 6.07) is 0. The average Bonchev–Trinajstić information content (AvgIpc) is 3.04. The molecule has 2 fully saturated rings. The first-order valence-corrected chi connectivity index (χ1v) is 6.25. The van der Waals surface area contributed by atoms with Crippen molar-refractivity contribution < 1.29 is 0 Å². The van der Waals surface area contributed by atoms with Gasteiger partial charge in [0.2, 0.25) is 0 Å². The van der Waals surface area contributed by atoms with E-state index in [1.807, 2.05) is 0 Å². The summed E-state index contributed by atoms with van der Waals surface area (Å²) in [6.45, 7) is 0. The number of hydrogen-bond donors (Lipinski definition) is 1. The van der Waals surface area contributed by atoms with Crippen LogP contribution < -0.4 is 0 Å². The number of aromatic amines is 1. The van der Waals surface area contributed by atoms with E-state index in [4.69, 9.17) is 12.2 Å². The van der Waals surface area contributed by atoms with Gasteiger partial charge in [-0.3, -0.25) is 0 Å². The molecular weight excluding hydrogens is 260 g/mol. The molecular formula is C10H11BrN2S. The summed E-state index contributed by atoms with van der Waals surface area (Å²) >= 11 is 8.77. The van der Waals surface area contributed by atoms with Crippen LogP contribution in [0.1, 0.15) is 49.0 Å². The molecule has 0 spiro atoms. The molecule has 0 bridgehead atoms. The topological polar surface area (TPSA) is 28.7 Å². The maximum absolute atomic E-state index is 5.24. The first kappa shape index (κ1) is 9.04. The third-order valence-electron chi connectivity index (χ3n) is 2.86. The standard InChI is InChI=1S/C10H11BrN2S/c11-7-8(5-1-2-5)12-9(6-3-4-6)13-10(7)14/h5-6H,1-4H2,(H,12,13,14). The summed E-state index contributed by atoms with van der Waals surface area (Å²) in [6.07, 6.45) is 5.12. The number of rotatable bonds is 2. The molecule has 0 aliphatic heterocycles. The second kappa shape index (κ2) is 3.14. The summed E-state index contributed by atoms with van der Waals surface area (Å²) < 4.78 is 1.74. The van der Waals surface area contributed by atoms with Gasteiger partial charge < -0.3 is 4.98 Å². The molecule has 0 amide bonds. The fourth-order valence-corrected chi connectivity index (χ4v) is 2.42. The second-order valence-corrected chi connectivity index (χ2v) is 5.38. The molecule has 2 aliphatic rings. The summed E-state index contributed by atoms with van der Waals surface area (Å²) in [5.74, 6) is 2.47. The Hall–Kier alpha value is -0.220. The first-order valence-electron chi connectivity index (χ1n) is 5.05. The van der Waals surface area contributed by atoms with Crippen molar-refractivity contribution in [1.82, 2.24) is 9.97 Å². The predicted octanol–water partition coefficient (Wildman–Crippen LogP) is 3.66. The minimum Gasteiger partial charge on any atom is -0.346 e. The van der Waals surface area contributed by atoms with Crippen molar-refractivity contribution in [2.45, 2.75) is 37.5 Å². The number of hydrogen-bond acceptors (Lipinski definition) is 2. The van der Waals surface area contributed by atoms with Gasteiger partial charge in [-0.25, -0.2) is 4.98 Å². The summed E-state index contributed by atoms with van der Waals surface area (Å²) in [5.41, 5.74) is 1.28. The monoisotopic (exact) mass is 270 g/mol. The van der Waals surface area contributed by atoms with Crippen LogP contribution in [-0.4, -0.2) is 9.97 Å². The third kappa shape index (κ3) is 1.54. The van der Waals surface area contributed by atoms with Gasteiger partial charge in [0.05, 0.1) is 4.47 Å². The van der Waals surface area contributed by atoms with Crippen LogP contribution in [0.4, 0.5) is 0 Å². The molecule has 1 N–H and O–H groups in total. The summed E-state index contributed by atoms with van der Waals surface area (Å²) in [7, 11) is 0. The summed E-state index contributed by atoms with van der Waals surface area (Å²) in [4.78, 5) is 7.87. The van der Waals surface area contributed by atoms with Gasteiger partial charge in [0.1, 0.15) is 10.5 Å². The van der Waals surface area contributed by atoms with Crippen molar-refractivity contribution in [3.05, 3.63) is 20.6 Å². The van der Waals surface area contributed by atoms with E-state index < -0.39 is 0 Å². The van der Waals surface area contributed by atoms with Crippen LogP contribution in [0.3, 0.4) is 0 Å². The molecule has 1 heterocycles. The van der Waals surface area contributed by atoms with Crippen LogP contribution in [0.15, 0.2) is 4.47 Å². The van der Waals surface area contributed by atoms with Crippen LogP contribution in [0.2, 0.25) is 0 Å². The zero-order chi connectivity index (χ0) is 9.71. The summed E-state index contributed by atoms with van der Waals surface area (Å²) in [5, 5.41) is 0. The van der Waals surface area contributed by atoms with E-state index in [0.29, 0.717) is 11.8 Å². The van der Waals surface area contributed by atoms with E-state index in [1.54, 1.807) is 0 Å². The lowest BCUT2D eigenvalue weighted by Crippen LogP contribution is -1.99. The van der Waals surface area contributed by atoms with Crippen molar-refractivity contribution in [3.63, 3.8) is 0 Å². The molecule has 0 radical (unpaired) electrons.